The lowest BCUT2D eigenvalue weighted by Gasteiger charge is -2.13. The molecule has 1 atom stereocenters. The maximum atomic E-state index is 14.0. The maximum absolute atomic E-state index is 14.0. The number of rotatable bonds is 5. The van der Waals surface area contributed by atoms with E-state index in [-0.39, 0.29) is 27.4 Å². The number of carbonyl (C=O) groups is 1. The number of carbonyl (C=O) groups excluding carboxylic acids is 1. The molecule has 3 heterocycles. The standard InChI is InChI=1S/C18H17F2N5O3S/c1-25-18(28-9-5-6-27-8-9)12(7-22-25)23-16(26)14-15(21)29-17(24-14)13-10(19)3-2-4-11(13)20/h2-4,7,9H,5-6,8,21H2,1H3,(H,23,26). The van der Waals surface area contributed by atoms with Crippen LogP contribution in [0, 0.1) is 11.6 Å². The smallest absolute Gasteiger partial charge is 0.277 e. The molecule has 4 rings (SSSR count). The van der Waals surface area contributed by atoms with Crippen LogP contribution in [0.15, 0.2) is 24.4 Å². The summed E-state index contributed by atoms with van der Waals surface area (Å²) in [5, 5.41) is 6.75. The van der Waals surface area contributed by atoms with Gasteiger partial charge in [-0.15, -0.1) is 0 Å². The fraction of sp³-hybridized carbons (Fsp3) is 0.278. The lowest BCUT2D eigenvalue weighted by molar-refractivity contribution is 0.102. The molecule has 1 unspecified atom stereocenters. The van der Waals surface area contributed by atoms with Crippen molar-refractivity contribution in [3.05, 3.63) is 41.7 Å². The second kappa shape index (κ2) is 7.76. The number of aryl methyl sites for hydroxylation is 1. The third-order valence-corrected chi connectivity index (χ3v) is 5.25. The summed E-state index contributed by atoms with van der Waals surface area (Å²) in [5.41, 5.74) is 5.76. The van der Waals surface area contributed by atoms with Crippen LogP contribution in [-0.4, -0.2) is 40.0 Å². The zero-order chi connectivity index (χ0) is 20.5. The Hall–Kier alpha value is -3.05. The van der Waals surface area contributed by atoms with Gasteiger partial charge in [-0.05, 0) is 12.1 Å². The highest BCUT2D eigenvalue weighted by molar-refractivity contribution is 7.19. The van der Waals surface area contributed by atoms with Gasteiger partial charge >= 0.3 is 0 Å². The Morgan fingerprint density at radius 3 is 2.86 bits per heavy atom. The van der Waals surface area contributed by atoms with E-state index in [0.29, 0.717) is 24.8 Å². The number of halogens is 2. The van der Waals surface area contributed by atoms with Crippen LogP contribution < -0.4 is 15.8 Å². The number of nitrogens with two attached hydrogens (primary N) is 1. The number of hydrogen-bond acceptors (Lipinski definition) is 7. The van der Waals surface area contributed by atoms with Crippen molar-refractivity contribution in [2.45, 2.75) is 12.5 Å². The van der Waals surface area contributed by atoms with Crippen molar-refractivity contribution in [3.8, 4) is 16.5 Å². The van der Waals surface area contributed by atoms with E-state index in [1.54, 1.807) is 7.05 Å². The Kier molecular flexibility index (Phi) is 5.16. The maximum Gasteiger partial charge on any atom is 0.277 e. The molecule has 1 aliphatic rings. The number of hydrogen-bond donors (Lipinski definition) is 2. The number of benzene rings is 1. The molecule has 152 valence electrons. The minimum Gasteiger partial charge on any atom is -0.471 e. The molecule has 2 aromatic heterocycles. The summed E-state index contributed by atoms with van der Waals surface area (Å²) in [6.07, 6.45) is 2.03. The van der Waals surface area contributed by atoms with Crippen LogP contribution in [0.1, 0.15) is 16.9 Å². The highest BCUT2D eigenvalue weighted by atomic mass is 32.1. The van der Waals surface area contributed by atoms with E-state index in [1.165, 1.54) is 16.9 Å². The van der Waals surface area contributed by atoms with Gasteiger partial charge in [-0.3, -0.25) is 4.79 Å². The normalized spacial score (nSPS) is 16.2. The second-order valence-corrected chi connectivity index (χ2v) is 7.40. The Bertz CT molecular complexity index is 1040. The molecule has 0 aliphatic carbocycles. The van der Waals surface area contributed by atoms with Crippen LogP contribution in [-0.2, 0) is 11.8 Å². The van der Waals surface area contributed by atoms with Crippen LogP contribution in [0.4, 0.5) is 19.5 Å². The van der Waals surface area contributed by atoms with Crippen LogP contribution in [0.2, 0.25) is 0 Å². The molecule has 1 amide bonds. The van der Waals surface area contributed by atoms with Crippen molar-refractivity contribution in [2.75, 3.05) is 24.3 Å². The molecule has 0 spiro atoms. The molecule has 0 radical (unpaired) electrons. The average Bonchev–Trinajstić information content (AvgIpc) is 3.39. The Morgan fingerprint density at radius 1 is 1.41 bits per heavy atom. The van der Waals surface area contributed by atoms with Gasteiger partial charge in [0.05, 0.1) is 25.0 Å². The minimum atomic E-state index is -0.785. The minimum absolute atomic E-state index is 0.0194. The SMILES string of the molecule is Cn1ncc(NC(=O)c2nc(-c3c(F)cccc3F)sc2N)c1OC1CCOC1. The molecule has 1 saturated heterocycles. The van der Waals surface area contributed by atoms with Crippen molar-refractivity contribution in [1.82, 2.24) is 14.8 Å². The summed E-state index contributed by atoms with van der Waals surface area (Å²) in [6.45, 7) is 1.06. The van der Waals surface area contributed by atoms with Gasteiger partial charge in [-0.1, -0.05) is 17.4 Å². The van der Waals surface area contributed by atoms with E-state index in [2.05, 4.69) is 15.4 Å². The molecule has 0 saturated carbocycles. The van der Waals surface area contributed by atoms with Crippen molar-refractivity contribution >= 4 is 27.9 Å². The molecule has 11 heteroatoms. The van der Waals surface area contributed by atoms with E-state index in [0.717, 1.165) is 29.9 Å². The number of aromatic nitrogens is 3. The van der Waals surface area contributed by atoms with E-state index in [1.807, 2.05) is 0 Å². The molecule has 3 N–H and O–H groups in total. The number of ether oxygens (including phenoxy) is 2. The number of anilines is 2. The van der Waals surface area contributed by atoms with Crippen LogP contribution >= 0.6 is 11.3 Å². The van der Waals surface area contributed by atoms with E-state index in [4.69, 9.17) is 15.2 Å². The zero-order valence-electron chi connectivity index (χ0n) is 15.3. The first-order chi connectivity index (χ1) is 13.9. The summed E-state index contributed by atoms with van der Waals surface area (Å²) in [7, 11) is 1.68. The first kappa shape index (κ1) is 19.3. The lowest BCUT2D eigenvalue weighted by Crippen LogP contribution is -2.20. The first-order valence-electron chi connectivity index (χ1n) is 8.72. The third kappa shape index (κ3) is 3.78. The molecule has 1 aliphatic heterocycles. The molecule has 1 fully saturated rings. The predicted molar refractivity (Wildman–Crippen MR) is 103 cm³/mol. The first-order valence-corrected chi connectivity index (χ1v) is 9.54. The summed E-state index contributed by atoms with van der Waals surface area (Å²) in [5.74, 6) is -1.84. The van der Waals surface area contributed by atoms with Crippen LogP contribution in [0.5, 0.6) is 5.88 Å². The summed E-state index contributed by atoms with van der Waals surface area (Å²) >= 11 is 0.827. The Balaban J connectivity index is 1.58. The van der Waals surface area contributed by atoms with Crippen molar-refractivity contribution < 1.29 is 23.0 Å². The zero-order valence-corrected chi connectivity index (χ0v) is 16.1. The number of amides is 1. The predicted octanol–water partition coefficient (Wildman–Crippen LogP) is 2.82. The van der Waals surface area contributed by atoms with Gasteiger partial charge in [0.25, 0.3) is 5.91 Å². The fourth-order valence-electron chi connectivity index (χ4n) is 2.90. The number of thiazole rings is 1. The topological polar surface area (TPSA) is 104 Å². The van der Waals surface area contributed by atoms with E-state index < -0.39 is 17.5 Å². The molecule has 1 aromatic carbocycles. The second-order valence-electron chi connectivity index (χ2n) is 6.37. The number of nitrogens with one attached hydrogen (secondary N) is 1. The Morgan fingerprint density at radius 2 is 2.17 bits per heavy atom. The molecule has 3 aromatic rings. The van der Waals surface area contributed by atoms with E-state index >= 15 is 0 Å². The summed E-state index contributed by atoms with van der Waals surface area (Å²) in [6, 6.07) is 3.47. The molecular formula is C18H17F2N5O3S. The van der Waals surface area contributed by atoms with E-state index in [9.17, 15) is 13.6 Å². The van der Waals surface area contributed by atoms with Gasteiger partial charge in [-0.2, -0.15) is 5.10 Å². The van der Waals surface area contributed by atoms with Crippen LogP contribution in [0.3, 0.4) is 0 Å². The van der Waals surface area contributed by atoms with Gasteiger partial charge in [-0.25, -0.2) is 18.4 Å². The molecule has 29 heavy (non-hydrogen) atoms. The highest BCUT2D eigenvalue weighted by Gasteiger charge is 2.25. The molecule has 0 bridgehead atoms. The van der Waals surface area contributed by atoms with Crippen molar-refractivity contribution in [1.29, 1.82) is 0 Å². The molecule has 8 nitrogen and oxygen atoms in total. The van der Waals surface area contributed by atoms with Gasteiger partial charge < -0.3 is 20.5 Å². The van der Waals surface area contributed by atoms with Gasteiger partial charge in [0.1, 0.15) is 33.4 Å². The average molecular weight is 421 g/mol. The van der Waals surface area contributed by atoms with Crippen molar-refractivity contribution in [3.63, 3.8) is 0 Å². The fourth-order valence-corrected chi connectivity index (χ4v) is 3.78. The van der Waals surface area contributed by atoms with Gasteiger partial charge in [0.15, 0.2) is 5.69 Å². The summed E-state index contributed by atoms with van der Waals surface area (Å²) in [4.78, 5) is 16.7. The summed E-state index contributed by atoms with van der Waals surface area (Å²) < 4.78 is 40.7. The Labute approximate surface area is 168 Å². The highest BCUT2D eigenvalue weighted by Crippen LogP contribution is 2.34. The van der Waals surface area contributed by atoms with Gasteiger partial charge in [0, 0.05) is 13.5 Å². The third-order valence-electron chi connectivity index (χ3n) is 4.34. The quantitative estimate of drug-likeness (QED) is 0.657. The van der Waals surface area contributed by atoms with Crippen molar-refractivity contribution in [2.24, 2.45) is 7.05 Å². The molecular weight excluding hydrogens is 404 g/mol. The monoisotopic (exact) mass is 421 g/mol. The van der Waals surface area contributed by atoms with Crippen LogP contribution in [0.25, 0.3) is 10.6 Å². The largest absolute Gasteiger partial charge is 0.471 e. The number of nitrogens with zero attached hydrogens (tertiary/aromatic N) is 3. The number of nitrogen functional groups attached to an aromatic ring is 1. The lowest BCUT2D eigenvalue weighted by atomic mass is 10.2. The van der Waals surface area contributed by atoms with Gasteiger partial charge in [0.2, 0.25) is 5.88 Å².